The van der Waals surface area contributed by atoms with Gasteiger partial charge in [0.1, 0.15) is 0 Å². The fourth-order valence-electron chi connectivity index (χ4n) is 2.03. The molecule has 0 fully saturated rings. The molecule has 0 spiro atoms. The van der Waals surface area contributed by atoms with E-state index in [1.807, 2.05) is 37.3 Å². The first-order valence-corrected chi connectivity index (χ1v) is 9.55. The second kappa shape index (κ2) is 12.2. The predicted octanol–water partition coefficient (Wildman–Crippen LogP) is 5.76. The van der Waals surface area contributed by atoms with E-state index in [-0.39, 0.29) is 0 Å². The summed E-state index contributed by atoms with van der Waals surface area (Å²) in [5.41, 5.74) is 1.19. The van der Waals surface area contributed by atoms with Crippen LogP contribution in [-0.2, 0) is 10.8 Å². The van der Waals surface area contributed by atoms with Crippen LogP contribution in [0.2, 0.25) is 0 Å². The molecule has 0 bridgehead atoms. The molecule has 0 aliphatic rings. The molecule has 0 saturated heterocycles. The smallest absolute Gasteiger partial charge is 0.0772 e. The van der Waals surface area contributed by atoms with Crippen molar-refractivity contribution in [1.82, 2.24) is 0 Å². The molecule has 1 aromatic carbocycles. The van der Waals surface area contributed by atoms with Gasteiger partial charge in [0.05, 0.1) is 10.8 Å². The molecule has 0 radical (unpaired) electrons. The predicted molar refractivity (Wildman–Crippen MR) is 97.1 cm³/mol. The molecule has 2 heteroatoms. The summed E-state index contributed by atoms with van der Waals surface area (Å²) in [6.07, 6.45) is 11.1. The highest BCUT2D eigenvalue weighted by molar-refractivity contribution is 7.88. The summed E-state index contributed by atoms with van der Waals surface area (Å²) in [5.74, 6) is 6.47. The average Bonchev–Trinajstić information content (AvgIpc) is 2.53. The highest BCUT2D eigenvalue weighted by Gasteiger charge is 1.97. The Kier molecular flexibility index (Phi) is 10.4. The van der Waals surface area contributed by atoms with Crippen molar-refractivity contribution in [3.05, 3.63) is 41.3 Å². The SMILES string of the molecule is CCCCCCC#CCCC/C=C/S(=O)c1ccc(C)cc1. The molecule has 0 saturated carbocycles. The van der Waals surface area contributed by atoms with Crippen molar-refractivity contribution in [1.29, 1.82) is 0 Å². The van der Waals surface area contributed by atoms with Crippen LogP contribution in [0.5, 0.6) is 0 Å². The van der Waals surface area contributed by atoms with Gasteiger partial charge in [0.2, 0.25) is 0 Å². The second-order valence-electron chi connectivity index (χ2n) is 5.54. The van der Waals surface area contributed by atoms with E-state index in [9.17, 15) is 4.21 Å². The number of aryl methyl sites for hydroxylation is 1. The average molecular weight is 317 g/mol. The maximum atomic E-state index is 12.0. The molecule has 0 aromatic heterocycles. The Morgan fingerprint density at radius 2 is 1.68 bits per heavy atom. The van der Waals surface area contributed by atoms with Crippen LogP contribution in [0.15, 0.2) is 40.6 Å². The first-order chi connectivity index (χ1) is 10.7. The van der Waals surface area contributed by atoms with Crippen molar-refractivity contribution in [2.75, 3.05) is 0 Å². The van der Waals surface area contributed by atoms with E-state index < -0.39 is 10.8 Å². The van der Waals surface area contributed by atoms with Gasteiger partial charge in [0.25, 0.3) is 0 Å². The van der Waals surface area contributed by atoms with Gasteiger partial charge in [-0.3, -0.25) is 0 Å². The first-order valence-electron chi connectivity index (χ1n) is 8.33. The minimum atomic E-state index is -1.02. The van der Waals surface area contributed by atoms with Gasteiger partial charge in [-0.05, 0) is 38.3 Å². The lowest BCUT2D eigenvalue weighted by molar-refractivity contribution is 0.679. The van der Waals surface area contributed by atoms with Gasteiger partial charge in [-0.15, -0.1) is 11.8 Å². The van der Waals surface area contributed by atoms with Crippen LogP contribution in [0.4, 0.5) is 0 Å². The Labute approximate surface area is 138 Å². The van der Waals surface area contributed by atoms with Crippen LogP contribution in [0.1, 0.15) is 63.9 Å². The Morgan fingerprint density at radius 3 is 2.36 bits per heavy atom. The summed E-state index contributed by atoms with van der Waals surface area (Å²) >= 11 is 0. The van der Waals surface area contributed by atoms with Gasteiger partial charge < -0.3 is 0 Å². The molecular formula is C20H28OS. The number of allylic oxidation sites excluding steroid dienone is 1. The molecule has 1 unspecified atom stereocenters. The summed E-state index contributed by atoms with van der Waals surface area (Å²) < 4.78 is 12.0. The zero-order valence-corrected chi connectivity index (χ0v) is 14.8. The van der Waals surface area contributed by atoms with Gasteiger partial charge in [-0.2, -0.15) is 0 Å². The van der Waals surface area contributed by atoms with Gasteiger partial charge in [-0.1, -0.05) is 50.0 Å². The van der Waals surface area contributed by atoms with E-state index >= 15 is 0 Å². The topological polar surface area (TPSA) is 17.1 Å². The third kappa shape index (κ3) is 8.85. The molecule has 1 rings (SSSR count). The lowest BCUT2D eigenvalue weighted by Crippen LogP contribution is -1.86. The molecule has 1 aromatic rings. The third-order valence-electron chi connectivity index (χ3n) is 3.43. The van der Waals surface area contributed by atoms with E-state index in [4.69, 9.17) is 0 Å². The number of unbranched alkanes of at least 4 members (excludes halogenated alkanes) is 6. The fourth-order valence-corrected chi connectivity index (χ4v) is 2.90. The molecule has 1 atom stereocenters. The van der Waals surface area contributed by atoms with E-state index in [0.29, 0.717) is 0 Å². The fraction of sp³-hybridized carbons (Fsp3) is 0.500. The molecular weight excluding hydrogens is 288 g/mol. The maximum absolute atomic E-state index is 12.0. The number of rotatable bonds is 9. The monoisotopic (exact) mass is 316 g/mol. The molecule has 120 valence electrons. The van der Waals surface area contributed by atoms with Crippen molar-refractivity contribution < 1.29 is 4.21 Å². The van der Waals surface area contributed by atoms with Gasteiger partial charge in [-0.25, -0.2) is 4.21 Å². The van der Waals surface area contributed by atoms with E-state index in [1.165, 1.54) is 31.2 Å². The molecule has 22 heavy (non-hydrogen) atoms. The van der Waals surface area contributed by atoms with E-state index in [0.717, 1.165) is 30.6 Å². The maximum Gasteiger partial charge on any atom is 0.0772 e. The summed E-state index contributed by atoms with van der Waals surface area (Å²) in [5, 5.41) is 1.79. The molecule has 0 aliphatic heterocycles. The Bertz CT molecular complexity index is 517. The molecule has 0 N–H and O–H groups in total. The number of hydrogen-bond donors (Lipinski definition) is 0. The Morgan fingerprint density at radius 1 is 1.00 bits per heavy atom. The third-order valence-corrected chi connectivity index (χ3v) is 4.60. The quantitative estimate of drug-likeness (QED) is 0.418. The van der Waals surface area contributed by atoms with Crippen LogP contribution < -0.4 is 0 Å². The summed E-state index contributed by atoms with van der Waals surface area (Å²) in [6, 6.07) is 7.86. The highest BCUT2D eigenvalue weighted by Crippen LogP contribution is 2.10. The molecule has 0 aliphatic carbocycles. The van der Waals surface area contributed by atoms with Crippen molar-refractivity contribution >= 4 is 10.8 Å². The second-order valence-corrected chi connectivity index (χ2v) is 6.88. The molecule has 1 nitrogen and oxygen atoms in total. The van der Waals surface area contributed by atoms with Crippen LogP contribution in [0.25, 0.3) is 0 Å². The van der Waals surface area contributed by atoms with Crippen LogP contribution in [0, 0.1) is 18.8 Å². The van der Waals surface area contributed by atoms with Gasteiger partial charge in [0.15, 0.2) is 0 Å². The van der Waals surface area contributed by atoms with Crippen LogP contribution >= 0.6 is 0 Å². The number of benzene rings is 1. The van der Waals surface area contributed by atoms with Gasteiger partial charge >= 0.3 is 0 Å². The van der Waals surface area contributed by atoms with Crippen molar-refractivity contribution in [3.8, 4) is 11.8 Å². The number of hydrogen-bond acceptors (Lipinski definition) is 1. The molecule has 0 amide bonds. The summed E-state index contributed by atoms with van der Waals surface area (Å²) in [6.45, 7) is 4.26. The molecule has 0 heterocycles. The summed E-state index contributed by atoms with van der Waals surface area (Å²) in [7, 11) is -1.02. The normalized spacial score (nSPS) is 12.1. The largest absolute Gasteiger partial charge is 0.250 e. The lowest BCUT2D eigenvalue weighted by atomic mass is 10.1. The Balaban J connectivity index is 2.12. The minimum Gasteiger partial charge on any atom is -0.250 e. The van der Waals surface area contributed by atoms with Crippen LogP contribution in [0.3, 0.4) is 0 Å². The Hall–Kier alpha value is -1.33. The van der Waals surface area contributed by atoms with Crippen molar-refractivity contribution in [2.24, 2.45) is 0 Å². The standard InChI is InChI=1S/C20H28OS/c1-3-4-5-6-7-8-9-10-11-12-13-18-22(21)20-16-14-19(2)15-17-20/h13-18H,3-7,10-12H2,1-2H3/b18-13+. The van der Waals surface area contributed by atoms with E-state index in [2.05, 4.69) is 18.8 Å². The summed E-state index contributed by atoms with van der Waals surface area (Å²) in [4.78, 5) is 0.869. The lowest BCUT2D eigenvalue weighted by Gasteiger charge is -1.97. The van der Waals surface area contributed by atoms with Crippen LogP contribution in [-0.4, -0.2) is 4.21 Å². The first kappa shape index (κ1) is 18.7. The van der Waals surface area contributed by atoms with E-state index in [1.54, 1.807) is 5.41 Å². The zero-order valence-electron chi connectivity index (χ0n) is 13.9. The van der Waals surface area contributed by atoms with Gasteiger partial charge in [0, 0.05) is 23.1 Å². The highest BCUT2D eigenvalue weighted by atomic mass is 32.2. The zero-order chi connectivity index (χ0) is 16.0. The van der Waals surface area contributed by atoms with Crippen molar-refractivity contribution in [2.45, 2.75) is 70.1 Å². The van der Waals surface area contributed by atoms with Crippen molar-refractivity contribution in [3.63, 3.8) is 0 Å². The minimum absolute atomic E-state index is 0.869.